The van der Waals surface area contributed by atoms with Crippen LogP contribution in [0.3, 0.4) is 0 Å². The zero-order chi connectivity index (χ0) is 41.9. The maximum Gasteiger partial charge on any atom is 0.408 e. The summed E-state index contributed by atoms with van der Waals surface area (Å²) >= 11 is 0.971. The van der Waals surface area contributed by atoms with Gasteiger partial charge in [0.05, 0.1) is 23.7 Å². The first-order valence-electron chi connectivity index (χ1n) is 20.3. The first kappa shape index (κ1) is 41.1. The van der Waals surface area contributed by atoms with Crippen molar-refractivity contribution in [2.45, 2.75) is 105 Å². The molecule has 1 aromatic carbocycles. The van der Waals surface area contributed by atoms with Crippen molar-refractivity contribution < 1.29 is 37.1 Å². The molecule has 8 rings (SSSR count). The molecule has 3 fully saturated rings. The van der Waals surface area contributed by atoms with Gasteiger partial charge in [-0.1, -0.05) is 31.1 Å². The lowest BCUT2D eigenvalue weighted by atomic mass is 10.0. The van der Waals surface area contributed by atoms with Gasteiger partial charge >= 0.3 is 6.09 Å². The minimum atomic E-state index is -4.35. The molecule has 316 valence electrons. The van der Waals surface area contributed by atoms with Crippen LogP contribution in [-0.2, 0) is 29.1 Å². The third-order valence-electron chi connectivity index (χ3n) is 11.6. The van der Waals surface area contributed by atoms with Crippen molar-refractivity contribution >= 4 is 45.2 Å². The molecule has 0 radical (unpaired) electrons. The SMILES string of the molecule is COc1ccc(-c2nnn([C@@H]3C[C@H]4C(=O)N[C@@]5(C(=O)NS(=O)(=O)c6ccc(-c7ccccn7)s6)C[C@H]5/C=C\CCCCC[C@@H](NC(=O)OC5CCCC5)C(=O)N4C3)n2)cc1. The fraction of sp³-hybridized carbons (Fsp3) is 0.463. The van der Waals surface area contributed by atoms with Gasteiger partial charge in [0.2, 0.25) is 17.6 Å². The van der Waals surface area contributed by atoms with E-state index >= 15 is 0 Å². The second kappa shape index (κ2) is 17.5. The van der Waals surface area contributed by atoms with Crippen LogP contribution in [0.25, 0.3) is 22.0 Å². The van der Waals surface area contributed by atoms with Crippen molar-refractivity contribution in [1.29, 1.82) is 0 Å². The van der Waals surface area contributed by atoms with Crippen molar-refractivity contribution in [3.05, 3.63) is 72.9 Å². The number of pyridine rings is 1. The molecule has 2 aliphatic heterocycles. The molecular weight excluding hydrogens is 811 g/mol. The van der Waals surface area contributed by atoms with Gasteiger partial charge in [-0.3, -0.25) is 19.4 Å². The quantitative estimate of drug-likeness (QED) is 0.198. The van der Waals surface area contributed by atoms with Crippen molar-refractivity contribution in [3.63, 3.8) is 0 Å². The van der Waals surface area contributed by atoms with Gasteiger partial charge in [0.1, 0.15) is 33.7 Å². The van der Waals surface area contributed by atoms with E-state index in [2.05, 4.69) is 35.8 Å². The number of carbonyl (C=O) groups is 4. The maximum atomic E-state index is 14.6. The minimum Gasteiger partial charge on any atom is -0.497 e. The zero-order valence-corrected chi connectivity index (χ0v) is 34.7. The van der Waals surface area contributed by atoms with Crippen LogP contribution in [0.5, 0.6) is 5.75 Å². The van der Waals surface area contributed by atoms with E-state index in [0.29, 0.717) is 47.0 Å². The number of carbonyl (C=O) groups excluding carboxylic acids is 4. The number of methoxy groups -OCH3 is 1. The number of thiophene rings is 1. The van der Waals surface area contributed by atoms with Crippen LogP contribution in [0.4, 0.5) is 4.79 Å². The van der Waals surface area contributed by atoms with Crippen molar-refractivity contribution in [3.8, 4) is 27.7 Å². The van der Waals surface area contributed by atoms with Crippen LogP contribution < -0.4 is 20.1 Å². The van der Waals surface area contributed by atoms with Gasteiger partial charge < -0.3 is 25.0 Å². The largest absolute Gasteiger partial charge is 0.497 e. The highest BCUT2D eigenvalue weighted by Crippen LogP contribution is 2.46. The zero-order valence-electron chi connectivity index (χ0n) is 33.1. The van der Waals surface area contributed by atoms with Crippen molar-refractivity contribution in [1.82, 2.24) is 45.4 Å². The summed E-state index contributed by atoms with van der Waals surface area (Å²) in [5.74, 6) is -1.54. The molecule has 1 saturated heterocycles. The number of nitrogens with zero attached hydrogens (tertiary/aromatic N) is 6. The number of rotatable bonds is 9. The molecule has 4 aliphatic rings. The molecule has 3 N–H and O–H groups in total. The number of sulfonamides is 1. The highest BCUT2D eigenvalue weighted by atomic mass is 32.2. The van der Waals surface area contributed by atoms with Crippen LogP contribution >= 0.6 is 11.3 Å². The number of aromatic nitrogens is 5. The molecule has 5 atom stereocenters. The first-order chi connectivity index (χ1) is 29.0. The summed E-state index contributed by atoms with van der Waals surface area (Å²) in [6.45, 7) is -0.000918. The van der Waals surface area contributed by atoms with Gasteiger partial charge in [-0.2, -0.15) is 4.80 Å². The number of tetrazole rings is 1. The summed E-state index contributed by atoms with van der Waals surface area (Å²) in [6.07, 6.45) is 11.3. The number of hydrogen-bond acceptors (Lipinski definition) is 13. The van der Waals surface area contributed by atoms with E-state index in [1.807, 2.05) is 12.2 Å². The van der Waals surface area contributed by atoms with E-state index in [-0.39, 0.29) is 29.7 Å². The van der Waals surface area contributed by atoms with E-state index in [9.17, 15) is 27.6 Å². The number of hydrogen-bond donors (Lipinski definition) is 3. The van der Waals surface area contributed by atoms with Gasteiger partial charge in [-0.05, 0) is 105 Å². The Labute approximate surface area is 351 Å². The first-order valence-corrected chi connectivity index (χ1v) is 22.6. The van der Waals surface area contributed by atoms with Crippen molar-refractivity contribution in [2.24, 2.45) is 5.92 Å². The minimum absolute atomic E-state index is 0.000918. The predicted octanol–water partition coefficient (Wildman–Crippen LogP) is 4.55. The monoisotopic (exact) mass is 857 g/mol. The number of benzene rings is 1. The molecule has 60 heavy (non-hydrogen) atoms. The third kappa shape index (κ3) is 8.91. The van der Waals surface area contributed by atoms with Gasteiger partial charge in [0, 0.05) is 30.6 Å². The molecule has 4 aromatic rings. The molecular formula is C41H47N9O8S2. The summed E-state index contributed by atoms with van der Waals surface area (Å²) in [4.78, 5) is 64.2. The summed E-state index contributed by atoms with van der Waals surface area (Å²) < 4.78 is 40.4. The Morgan fingerprint density at radius 2 is 1.78 bits per heavy atom. The third-order valence-corrected chi connectivity index (χ3v) is 14.6. The second-order valence-corrected chi connectivity index (χ2v) is 18.7. The fourth-order valence-electron chi connectivity index (χ4n) is 8.21. The number of amides is 4. The number of ether oxygens (including phenoxy) is 2. The van der Waals surface area contributed by atoms with Crippen molar-refractivity contribution in [2.75, 3.05) is 13.7 Å². The second-order valence-electron chi connectivity index (χ2n) is 15.7. The fourth-order valence-corrected chi connectivity index (χ4v) is 10.5. The molecule has 2 saturated carbocycles. The maximum absolute atomic E-state index is 14.6. The van der Waals surface area contributed by atoms with Crippen LogP contribution in [-0.4, -0.2) is 99.7 Å². The van der Waals surface area contributed by atoms with E-state index in [4.69, 9.17) is 9.47 Å². The lowest BCUT2D eigenvalue weighted by molar-refractivity contribution is -0.141. The Bertz CT molecular complexity index is 2350. The summed E-state index contributed by atoms with van der Waals surface area (Å²) in [6, 6.07) is 12.7. The number of alkyl carbamates (subject to hydrolysis) is 1. The van der Waals surface area contributed by atoms with Gasteiger partial charge in [-0.15, -0.1) is 21.5 Å². The lowest BCUT2D eigenvalue weighted by Gasteiger charge is -2.30. The standard InChI is InChI=1S/C41H47N9O8S2/c1-57-29-18-16-26(17-19-29)36-45-48-50(46-36)28-23-33-37(51)44-41(39(53)47-60(55,56)35-21-20-34(59-35)31-14-9-10-22-42-31)24-27(41)11-5-3-2-4-6-15-32(38(52)49(33)25-28)43-40(54)58-30-12-7-8-13-30/h5,9-11,14,16-22,27-28,30,32-33H,2-4,6-8,12-13,15,23-25H2,1H3,(H,43,54)(H,44,51)(H,47,53)/b11-5-/t27-,28-,32-,33+,41+/m1/s1. The smallest absolute Gasteiger partial charge is 0.408 e. The number of nitrogens with one attached hydrogen (secondary N) is 3. The van der Waals surface area contributed by atoms with E-state index in [1.54, 1.807) is 61.8 Å². The normalized spacial score (nSPS) is 25.5. The summed E-state index contributed by atoms with van der Waals surface area (Å²) in [5.41, 5.74) is -0.338. The topological polar surface area (TPSA) is 217 Å². The molecule has 3 aromatic heterocycles. The van der Waals surface area contributed by atoms with Crippen LogP contribution in [0, 0.1) is 5.92 Å². The Morgan fingerprint density at radius 1 is 0.983 bits per heavy atom. The highest BCUT2D eigenvalue weighted by Gasteiger charge is 2.62. The molecule has 4 amide bonds. The molecule has 17 nitrogen and oxygen atoms in total. The van der Waals surface area contributed by atoms with Crippen LogP contribution in [0.2, 0.25) is 0 Å². The molecule has 2 aliphatic carbocycles. The van der Waals surface area contributed by atoms with Crippen LogP contribution in [0.15, 0.2) is 77.2 Å². The molecule has 0 unspecified atom stereocenters. The van der Waals surface area contributed by atoms with Gasteiger partial charge in [0.15, 0.2) is 0 Å². The number of fused-ring (bicyclic) bond motifs is 2. The van der Waals surface area contributed by atoms with Gasteiger partial charge in [-0.25, -0.2) is 17.9 Å². The molecule has 0 bridgehead atoms. The van der Waals surface area contributed by atoms with E-state index in [1.165, 1.54) is 15.8 Å². The summed E-state index contributed by atoms with van der Waals surface area (Å²) in [7, 11) is -2.78. The molecule has 0 spiro atoms. The Morgan fingerprint density at radius 3 is 2.55 bits per heavy atom. The Balaban J connectivity index is 1.07. The average Bonchev–Trinajstić information content (AvgIpc) is 3.91. The molecule has 5 heterocycles. The number of allylic oxidation sites excluding steroid dienone is 1. The van der Waals surface area contributed by atoms with Gasteiger partial charge in [0.25, 0.3) is 15.9 Å². The Hall–Kier alpha value is -5.69. The Kier molecular flexibility index (Phi) is 12.0. The molecule has 19 heteroatoms. The van der Waals surface area contributed by atoms with E-state index < -0.39 is 63.4 Å². The van der Waals surface area contributed by atoms with E-state index in [0.717, 1.165) is 49.9 Å². The summed E-state index contributed by atoms with van der Waals surface area (Å²) in [5, 5.41) is 18.8. The lowest BCUT2D eigenvalue weighted by Crippen LogP contribution is -2.58. The highest BCUT2D eigenvalue weighted by molar-refractivity contribution is 7.92. The average molecular weight is 858 g/mol. The predicted molar refractivity (Wildman–Crippen MR) is 219 cm³/mol. The van der Waals surface area contributed by atoms with Crippen LogP contribution in [0.1, 0.15) is 76.7 Å².